The largest absolute Gasteiger partial charge is 0.341 e. The molecule has 0 atom stereocenters. The molecule has 1 heterocycles. The first-order chi connectivity index (χ1) is 12.3. The molecule has 0 unspecified atom stereocenters. The number of carbonyl (C=O) groups excluding carboxylic acids is 1. The van der Waals surface area contributed by atoms with E-state index in [9.17, 15) is 4.79 Å². The minimum absolute atomic E-state index is 0.138. The number of benzene rings is 2. The lowest BCUT2D eigenvalue weighted by Gasteiger charge is -2.22. The highest BCUT2D eigenvalue weighted by atomic mass is 16.2. The van der Waals surface area contributed by atoms with Crippen molar-refractivity contribution in [1.82, 2.24) is 14.5 Å². The Kier molecular flexibility index (Phi) is 5.80. The smallest absolute Gasteiger partial charge is 0.224 e. The van der Waals surface area contributed by atoms with E-state index in [4.69, 9.17) is 5.73 Å². The molecule has 1 aromatic heterocycles. The van der Waals surface area contributed by atoms with Crippen LogP contribution in [-0.2, 0) is 17.8 Å². The van der Waals surface area contributed by atoms with E-state index in [1.54, 1.807) is 6.33 Å². The number of amides is 1. The predicted molar refractivity (Wildman–Crippen MR) is 100 cm³/mol. The first-order valence-corrected chi connectivity index (χ1v) is 8.69. The Bertz CT molecular complexity index is 813. The molecular formula is C20H24N4O. The molecule has 3 rings (SSSR count). The van der Waals surface area contributed by atoms with Gasteiger partial charge in [-0.2, -0.15) is 0 Å². The van der Waals surface area contributed by atoms with Gasteiger partial charge in [0, 0.05) is 32.6 Å². The summed E-state index contributed by atoms with van der Waals surface area (Å²) < 4.78 is 2.03. The molecule has 0 fully saturated rings. The van der Waals surface area contributed by atoms with Gasteiger partial charge in [-0.25, -0.2) is 4.98 Å². The molecule has 0 bridgehead atoms. The van der Waals surface area contributed by atoms with Crippen molar-refractivity contribution in [1.29, 1.82) is 0 Å². The van der Waals surface area contributed by atoms with Crippen molar-refractivity contribution in [3.8, 4) is 0 Å². The third-order valence-corrected chi connectivity index (χ3v) is 4.36. The quantitative estimate of drug-likeness (QED) is 0.687. The lowest BCUT2D eigenvalue weighted by molar-refractivity contribution is -0.131. The maximum atomic E-state index is 12.6. The molecule has 5 heteroatoms. The van der Waals surface area contributed by atoms with Crippen molar-refractivity contribution in [3.05, 3.63) is 66.5 Å². The van der Waals surface area contributed by atoms with E-state index in [-0.39, 0.29) is 5.91 Å². The Balaban J connectivity index is 1.58. The van der Waals surface area contributed by atoms with Crippen LogP contribution in [0.5, 0.6) is 0 Å². The van der Waals surface area contributed by atoms with Gasteiger partial charge in [-0.15, -0.1) is 0 Å². The zero-order chi connectivity index (χ0) is 17.5. The monoisotopic (exact) mass is 336 g/mol. The Morgan fingerprint density at radius 2 is 1.80 bits per heavy atom. The van der Waals surface area contributed by atoms with Crippen molar-refractivity contribution >= 4 is 16.9 Å². The number of nitrogens with two attached hydrogens (primary N) is 1. The lowest BCUT2D eigenvalue weighted by Crippen LogP contribution is -2.37. The molecule has 25 heavy (non-hydrogen) atoms. The minimum atomic E-state index is 0.138. The van der Waals surface area contributed by atoms with Gasteiger partial charge in [-0.3, -0.25) is 4.79 Å². The highest BCUT2D eigenvalue weighted by molar-refractivity contribution is 5.77. The number of fused-ring (bicyclic) bond motifs is 1. The molecule has 0 aliphatic rings. The van der Waals surface area contributed by atoms with E-state index in [0.717, 1.165) is 17.5 Å². The molecule has 0 aliphatic carbocycles. The van der Waals surface area contributed by atoms with Gasteiger partial charge in [0.25, 0.3) is 0 Å². The van der Waals surface area contributed by atoms with Crippen LogP contribution in [-0.4, -0.2) is 40.0 Å². The second-order valence-electron chi connectivity index (χ2n) is 6.08. The summed E-state index contributed by atoms with van der Waals surface area (Å²) in [5.74, 6) is 0.138. The fourth-order valence-electron chi connectivity index (χ4n) is 2.99. The number of aryl methyl sites for hydroxylation is 1. The molecule has 3 aromatic rings. The number of rotatable bonds is 8. The van der Waals surface area contributed by atoms with Crippen molar-refractivity contribution < 1.29 is 4.79 Å². The van der Waals surface area contributed by atoms with Crippen LogP contribution in [0.15, 0.2) is 60.9 Å². The summed E-state index contributed by atoms with van der Waals surface area (Å²) in [5.41, 5.74) is 8.94. The lowest BCUT2D eigenvalue weighted by atomic mass is 10.1. The normalized spacial score (nSPS) is 10.9. The van der Waals surface area contributed by atoms with Crippen LogP contribution in [0, 0.1) is 0 Å². The van der Waals surface area contributed by atoms with Crippen LogP contribution in [0.25, 0.3) is 11.0 Å². The molecule has 0 radical (unpaired) electrons. The predicted octanol–water partition coefficient (Wildman–Crippen LogP) is 2.46. The number of nitrogens with zero attached hydrogens (tertiary/aromatic N) is 3. The van der Waals surface area contributed by atoms with E-state index >= 15 is 0 Å². The number of para-hydroxylation sites is 2. The maximum Gasteiger partial charge on any atom is 0.224 e. The molecule has 2 aromatic carbocycles. The number of imidazole rings is 1. The third-order valence-electron chi connectivity index (χ3n) is 4.36. The van der Waals surface area contributed by atoms with Gasteiger partial charge in [0.1, 0.15) is 0 Å². The van der Waals surface area contributed by atoms with E-state index in [2.05, 4.69) is 17.1 Å². The number of aromatic nitrogens is 2. The average Bonchev–Trinajstić information content (AvgIpc) is 3.07. The molecule has 130 valence electrons. The first kappa shape index (κ1) is 17.2. The SMILES string of the molecule is NCCN(CCc1ccccc1)C(=O)CCn1cnc2ccccc21. The van der Waals surface area contributed by atoms with Gasteiger partial charge in [0.15, 0.2) is 0 Å². The molecule has 5 nitrogen and oxygen atoms in total. The van der Waals surface area contributed by atoms with Crippen molar-refractivity contribution in [2.45, 2.75) is 19.4 Å². The number of carbonyl (C=O) groups is 1. The molecule has 2 N–H and O–H groups in total. The van der Waals surface area contributed by atoms with E-state index in [1.165, 1.54) is 5.56 Å². The Morgan fingerprint density at radius 3 is 2.60 bits per heavy atom. The van der Waals surface area contributed by atoms with Gasteiger partial charge in [0.05, 0.1) is 17.4 Å². The van der Waals surface area contributed by atoms with E-state index < -0.39 is 0 Å². The van der Waals surface area contributed by atoms with Gasteiger partial charge in [-0.1, -0.05) is 42.5 Å². The molecule has 0 saturated heterocycles. The summed E-state index contributed by atoms with van der Waals surface area (Å²) in [5, 5.41) is 0. The second kappa shape index (κ2) is 8.44. The summed E-state index contributed by atoms with van der Waals surface area (Å²) in [6, 6.07) is 18.2. The van der Waals surface area contributed by atoms with E-state index in [0.29, 0.717) is 32.6 Å². The number of hydrogen-bond donors (Lipinski definition) is 1. The van der Waals surface area contributed by atoms with Crippen LogP contribution >= 0.6 is 0 Å². The summed E-state index contributed by atoms with van der Waals surface area (Å²) in [6.45, 7) is 2.40. The highest BCUT2D eigenvalue weighted by Crippen LogP contribution is 2.12. The van der Waals surface area contributed by atoms with Crippen LogP contribution in [0.3, 0.4) is 0 Å². The zero-order valence-corrected chi connectivity index (χ0v) is 14.3. The molecule has 0 saturated carbocycles. The maximum absolute atomic E-state index is 12.6. The molecule has 0 aliphatic heterocycles. The highest BCUT2D eigenvalue weighted by Gasteiger charge is 2.13. The van der Waals surface area contributed by atoms with E-state index in [1.807, 2.05) is 51.9 Å². The Labute approximate surface area is 148 Å². The Hall–Kier alpha value is -2.66. The minimum Gasteiger partial charge on any atom is -0.341 e. The fourth-order valence-corrected chi connectivity index (χ4v) is 2.99. The summed E-state index contributed by atoms with van der Waals surface area (Å²) in [6.07, 6.45) is 3.10. The van der Waals surface area contributed by atoms with Gasteiger partial charge >= 0.3 is 0 Å². The third kappa shape index (κ3) is 4.45. The summed E-state index contributed by atoms with van der Waals surface area (Å²) >= 11 is 0. The average molecular weight is 336 g/mol. The summed E-state index contributed by atoms with van der Waals surface area (Å²) in [7, 11) is 0. The van der Waals surface area contributed by atoms with Crippen molar-refractivity contribution in [2.24, 2.45) is 5.73 Å². The van der Waals surface area contributed by atoms with Gasteiger partial charge < -0.3 is 15.2 Å². The fraction of sp³-hybridized carbons (Fsp3) is 0.300. The van der Waals surface area contributed by atoms with Crippen molar-refractivity contribution in [3.63, 3.8) is 0 Å². The van der Waals surface area contributed by atoms with Crippen LogP contribution in [0.2, 0.25) is 0 Å². The first-order valence-electron chi connectivity index (χ1n) is 8.69. The van der Waals surface area contributed by atoms with Crippen LogP contribution in [0.4, 0.5) is 0 Å². The van der Waals surface area contributed by atoms with Crippen LogP contribution in [0.1, 0.15) is 12.0 Å². The molecule has 1 amide bonds. The van der Waals surface area contributed by atoms with Gasteiger partial charge in [0.2, 0.25) is 5.91 Å². The molecule has 0 spiro atoms. The van der Waals surface area contributed by atoms with Gasteiger partial charge in [-0.05, 0) is 24.1 Å². The summed E-state index contributed by atoms with van der Waals surface area (Å²) in [4.78, 5) is 18.9. The zero-order valence-electron chi connectivity index (χ0n) is 14.3. The van der Waals surface area contributed by atoms with Crippen molar-refractivity contribution in [2.75, 3.05) is 19.6 Å². The second-order valence-corrected chi connectivity index (χ2v) is 6.08. The topological polar surface area (TPSA) is 64.2 Å². The van der Waals surface area contributed by atoms with Crippen LogP contribution < -0.4 is 5.73 Å². The standard InChI is InChI=1S/C20H24N4O/c21-12-15-23(13-10-17-6-2-1-3-7-17)20(25)11-14-24-16-22-18-8-4-5-9-19(18)24/h1-9,16H,10-15,21H2. The number of hydrogen-bond acceptors (Lipinski definition) is 3. The molecular weight excluding hydrogens is 312 g/mol. The Morgan fingerprint density at radius 1 is 1.04 bits per heavy atom.